The quantitative estimate of drug-likeness (QED) is 0.587. The zero-order chi connectivity index (χ0) is 10.8. The topological polar surface area (TPSA) is 0 Å². The van der Waals surface area contributed by atoms with Crippen molar-refractivity contribution >= 4 is 0 Å². The molecular weight excluding hydrogens is 182 g/mol. The van der Waals surface area contributed by atoms with Crippen molar-refractivity contribution in [1.29, 1.82) is 0 Å². The minimum atomic E-state index is -2.63. The molecule has 2 heteroatoms. The Morgan fingerprint density at radius 3 is 2.43 bits per heavy atom. The molecule has 0 atom stereocenters. The monoisotopic (exact) mass is 200 g/mol. The van der Waals surface area contributed by atoms with Crippen molar-refractivity contribution in [1.82, 2.24) is 0 Å². The minimum Gasteiger partial charge on any atom is -0.201 e. The van der Waals surface area contributed by atoms with E-state index in [-0.39, 0.29) is 12.0 Å². The van der Waals surface area contributed by atoms with Crippen LogP contribution in [0.4, 0.5) is 8.78 Å². The Bertz CT molecular complexity index is 261. The van der Waals surface area contributed by atoms with Crippen LogP contribution in [0.25, 0.3) is 0 Å². The second kappa shape index (κ2) is 4.24. The molecule has 14 heavy (non-hydrogen) atoms. The number of hydrogen-bond acceptors (Lipinski definition) is 0. The molecule has 0 aromatic heterocycles. The molecule has 0 fully saturated rings. The molecule has 0 radical (unpaired) electrons. The highest BCUT2D eigenvalue weighted by Gasteiger charge is 2.40. The van der Waals surface area contributed by atoms with Gasteiger partial charge in [-0.05, 0) is 36.5 Å². The third-order valence-electron chi connectivity index (χ3n) is 2.89. The molecule has 0 bridgehead atoms. The molecule has 0 unspecified atom stereocenters. The molecule has 0 aromatic carbocycles. The molecule has 0 saturated heterocycles. The molecule has 0 aliphatic heterocycles. The van der Waals surface area contributed by atoms with Gasteiger partial charge in [-0.2, -0.15) is 0 Å². The van der Waals surface area contributed by atoms with Crippen molar-refractivity contribution in [2.45, 2.75) is 51.9 Å². The summed E-state index contributed by atoms with van der Waals surface area (Å²) in [6.07, 6.45) is 3.83. The average Bonchev–Trinajstić information content (AvgIpc) is 2.27. The minimum absolute atomic E-state index is 0.166. The SMILES string of the molecule is C=C1CC(F)(F)C(C)=C1CCCCC. The van der Waals surface area contributed by atoms with Crippen LogP contribution in [0.5, 0.6) is 0 Å². The first-order chi connectivity index (χ1) is 6.49. The Morgan fingerprint density at radius 1 is 1.36 bits per heavy atom. The van der Waals surface area contributed by atoms with E-state index >= 15 is 0 Å². The summed E-state index contributed by atoms with van der Waals surface area (Å²) < 4.78 is 26.5. The van der Waals surface area contributed by atoms with Crippen molar-refractivity contribution in [2.75, 3.05) is 0 Å². The molecule has 0 N–H and O–H groups in total. The Balaban J connectivity index is 2.66. The van der Waals surface area contributed by atoms with Gasteiger partial charge in [-0.15, -0.1) is 0 Å². The van der Waals surface area contributed by atoms with E-state index in [0.717, 1.165) is 31.3 Å². The maximum absolute atomic E-state index is 13.2. The van der Waals surface area contributed by atoms with Gasteiger partial charge in [-0.3, -0.25) is 0 Å². The first-order valence-electron chi connectivity index (χ1n) is 5.25. The molecule has 80 valence electrons. The normalized spacial score (nSPS) is 20.7. The zero-order valence-corrected chi connectivity index (χ0v) is 9.00. The summed E-state index contributed by atoms with van der Waals surface area (Å²) in [5.41, 5.74) is 1.71. The number of unbranched alkanes of at least 4 members (excludes halogenated alkanes) is 2. The van der Waals surface area contributed by atoms with Crippen LogP contribution >= 0.6 is 0 Å². The van der Waals surface area contributed by atoms with E-state index in [0.29, 0.717) is 5.57 Å². The molecule has 0 heterocycles. The molecule has 0 spiro atoms. The Kier molecular flexibility index (Phi) is 3.46. The van der Waals surface area contributed by atoms with Crippen LogP contribution in [-0.2, 0) is 0 Å². The maximum atomic E-state index is 13.2. The fourth-order valence-electron chi connectivity index (χ4n) is 1.91. The van der Waals surface area contributed by atoms with Crippen molar-refractivity contribution in [3.63, 3.8) is 0 Å². The fourth-order valence-corrected chi connectivity index (χ4v) is 1.91. The highest BCUT2D eigenvalue weighted by Crippen LogP contribution is 2.44. The summed E-state index contributed by atoms with van der Waals surface area (Å²) in [5.74, 6) is -2.63. The fraction of sp³-hybridized carbons (Fsp3) is 0.667. The maximum Gasteiger partial charge on any atom is 0.273 e. The second-order valence-corrected chi connectivity index (χ2v) is 4.05. The molecule has 0 nitrogen and oxygen atoms in total. The van der Waals surface area contributed by atoms with Gasteiger partial charge in [-0.25, -0.2) is 8.78 Å². The van der Waals surface area contributed by atoms with Crippen LogP contribution < -0.4 is 0 Å². The molecule has 0 amide bonds. The predicted octanol–water partition coefficient (Wildman–Crippen LogP) is 4.48. The third-order valence-corrected chi connectivity index (χ3v) is 2.89. The van der Waals surface area contributed by atoms with Crippen LogP contribution in [0, 0.1) is 0 Å². The van der Waals surface area contributed by atoms with Crippen molar-refractivity contribution < 1.29 is 8.78 Å². The lowest BCUT2D eigenvalue weighted by molar-refractivity contribution is 0.0499. The summed E-state index contributed by atoms with van der Waals surface area (Å²) in [4.78, 5) is 0. The molecule has 0 saturated carbocycles. The average molecular weight is 200 g/mol. The van der Waals surface area contributed by atoms with Gasteiger partial charge in [0.15, 0.2) is 0 Å². The lowest BCUT2D eigenvalue weighted by Crippen LogP contribution is -2.12. The van der Waals surface area contributed by atoms with Gasteiger partial charge in [-0.1, -0.05) is 26.3 Å². The van der Waals surface area contributed by atoms with Gasteiger partial charge >= 0.3 is 0 Å². The second-order valence-electron chi connectivity index (χ2n) is 4.05. The lowest BCUT2D eigenvalue weighted by Gasteiger charge is -2.09. The summed E-state index contributed by atoms with van der Waals surface area (Å²) in [6, 6.07) is 0. The number of halogens is 2. The standard InChI is InChI=1S/C12H18F2/c1-4-5-6-7-11-9(2)8-12(13,14)10(11)3/h2,4-8H2,1,3H3. The first kappa shape index (κ1) is 11.4. The van der Waals surface area contributed by atoms with Gasteiger partial charge in [0.2, 0.25) is 0 Å². The van der Waals surface area contributed by atoms with E-state index in [1.165, 1.54) is 0 Å². The molecule has 1 rings (SSSR count). The largest absolute Gasteiger partial charge is 0.273 e. The highest BCUT2D eigenvalue weighted by molar-refractivity contribution is 5.43. The summed E-state index contributed by atoms with van der Waals surface area (Å²) >= 11 is 0. The Morgan fingerprint density at radius 2 is 2.00 bits per heavy atom. The van der Waals surface area contributed by atoms with E-state index < -0.39 is 5.92 Å². The summed E-state index contributed by atoms with van der Waals surface area (Å²) in [7, 11) is 0. The number of alkyl halides is 2. The van der Waals surface area contributed by atoms with Gasteiger partial charge < -0.3 is 0 Å². The van der Waals surface area contributed by atoms with Gasteiger partial charge in [0.1, 0.15) is 0 Å². The van der Waals surface area contributed by atoms with E-state index in [1.54, 1.807) is 6.92 Å². The number of hydrogen-bond donors (Lipinski definition) is 0. The zero-order valence-electron chi connectivity index (χ0n) is 9.00. The summed E-state index contributed by atoms with van der Waals surface area (Å²) in [6.45, 7) is 7.37. The van der Waals surface area contributed by atoms with Crippen LogP contribution in [0.3, 0.4) is 0 Å². The van der Waals surface area contributed by atoms with E-state index in [4.69, 9.17) is 0 Å². The third kappa shape index (κ3) is 2.23. The number of rotatable bonds is 4. The smallest absolute Gasteiger partial charge is 0.201 e. The molecule has 1 aliphatic carbocycles. The summed E-state index contributed by atoms with van der Waals surface area (Å²) in [5, 5.41) is 0. The van der Waals surface area contributed by atoms with E-state index in [1.807, 2.05) is 0 Å². The van der Waals surface area contributed by atoms with Crippen LogP contribution in [-0.4, -0.2) is 5.92 Å². The molecular formula is C12H18F2. The van der Waals surface area contributed by atoms with Crippen LogP contribution in [0.1, 0.15) is 46.0 Å². The van der Waals surface area contributed by atoms with Gasteiger partial charge in [0.05, 0.1) is 0 Å². The van der Waals surface area contributed by atoms with Crippen molar-refractivity contribution in [3.8, 4) is 0 Å². The number of allylic oxidation sites excluding steroid dienone is 3. The van der Waals surface area contributed by atoms with Crippen LogP contribution in [0.15, 0.2) is 23.3 Å². The lowest BCUT2D eigenvalue weighted by atomic mass is 10.0. The van der Waals surface area contributed by atoms with Crippen molar-refractivity contribution in [3.05, 3.63) is 23.3 Å². The molecule has 0 aromatic rings. The highest BCUT2D eigenvalue weighted by atomic mass is 19.3. The van der Waals surface area contributed by atoms with E-state index in [9.17, 15) is 8.78 Å². The predicted molar refractivity (Wildman–Crippen MR) is 55.5 cm³/mol. The molecule has 1 aliphatic rings. The van der Waals surface area contributed by atoms with Crippen LogP contribution in [0.2, 0.25) is 0 Å². The Hall–Kier alpha value is -0.660. The Labute approximate surface area is 84.7 Å². The van der Waals surface area contributed by atoms with Crippen molar-refractivity contribution in [2.24, 2.45) is 0 Å². The van der Waals surface area contributed by atoms with Gasteiger partial charge in [0.25, 0.3) is 5.92 Å². The van der Waals surface area contributed by atoms with Gasteiger partial charge in [0, 0.05) is 6.42 Å². The van der Waals surface area contributed by atoms with E-state index in [2.05, 4.69) is 13.5 Å². The first-order valence-corrected chi connectivity index (χ1v) is 5.25.